The van der Waals surface area contributed by atoms with E-state index in [9.17, 15) is 4.80 Å². The summed E-state index contributed by atoms with van der Waals surface area (Å²) in [5.74, 6) is 0. The van der Waals surface area contributed by atoms with Crippen molar-refractivity contribution >= 4 is 8.32 Å². The fourth-order valence-electron chi connectivity index (χ4n) is 2.42. The van der Waals surface area contributed by atoms with Gasteiger partial charge < -0.3 is 4.80 Å². The quantitative estimate of drug-likeness (QED) is 0.383. The third-order valence-electron chi connectivity index (χ3n) is 4.00. The lowest BCUT2D eigenvalue weighted by atomic mass is 10.2. The number of rotatable bonds is 11. The summed E-state index contributed by atoms with van der Waals surface area (Å²) in [6, 6.07) is 2.27. The summed E-state index contributed by atoms with van der Waals surface area (Å²) in [4.78, 5) is 10.8. The van der Waals surface area contributed by atoms with Gasteiger partial charge >= 0.3 is 0 Å². The average Bonchev–Trinajstić information content (AvgIpc) is 2.30. The lowest BCUT2D eigenvalue weighted by Gasteiger charge is -2.29. The van der Waals surface area contributed by atoms with Crippen LogP contribution in [0.2, 0.25) is 17.6 Å². The number of hydrogen-bond acceptors (Lipinski definition) is 1. The molecule has 0 saturated heterocycles. The second-order valence-corrected chi connectivity index (χ2v) is 10.2. The predicted molar refractivity (Wildman–Crippen MR) is 81.0 cm³/mol. The van der Waals surface area contributed by atoms with Crippen molar-refractivity contribution in [2.24, 2.45) is 0 Å². The van der Waals surface area contributed by atoms with Crippen molar-refractivity contribution < 1.29 is 4.80 Å². The smallest absolute Gasteiger partial charge is 0.191 e. The first-order valence-corrected chi connectivity index (χ1v) is 10.2. The van der Waals surface area contributed by atoms with Gasteiger partial charge in [0.15, 0.2) is 8.32 Å². The van der Waals surface area contributed by atoms with Gasteiger partial charge in [0.25, 0.3) is 0 Å². The van der Waals surface area contributed by atoms with Crippen molar-refractivity contribution in [2.75, 3.05) is 0 Å². The maximum absolute atomic E-state index is 10.8. The molecule has 0 rings (SSSR count). The monoisotopic (exact) mass is 258 g/mol. The van der Waals surface area contributed by atoms with Crippen LogP contribution in [-0.4, -0.2) is 13.1 Å². The Morgan fingerprint density at radius 2 is 1.18 bits per heavy atom. The number of unbranched alkanes of at least 4 members (excludes halogenated alkanes) is 6. The summed E-state index contributed by atoms with van der Waals surface area (Å²) in [6.45, 7) is 8.95. The molecule has 0 bridgehead atoms. The molecule has 0 saturated carbocycles. The maximum atomic E-state index is 10.8. The van der Waals surface area contributed by atoms with Crippen LogP contribution >= 0.6 is 0 Å². The van der Waals surface area contributed by atoms with E-state index in [4.69, 9.17) is 0 Å². The third-order valence-corrected chi connectivity index (χ3v) is 8.59. The van der Waals surface area contributed by atoms with Crippen LogP contribution in [0.3, 0.4) is 0 Å². The molecule has 0 radical (unpaired) electrons. The van der Waals surface area contributed by atoms with Gasteiger partial charge in [-0.25, -0.2) is 0 Å². The highest BCUT2D eigenvalue weighted by atomic mass is 28.4. The Morgan fingerprint density at radius 1 is 0.765 bits per heavy atom. The zero-order chi connectivity index (χ0) is 13.1. The van der Waals surface area contributed by atoms with E-state index < -0.39 is 8.32 Å². The highest BCUT2D eigenvalue weighted by Crippen LogP contribution is 2.30. The lowest BCUT2D eigenvalue weighted by Crippen LogP contribution is -2.37. The topological polar surface area (TPSA) is 20.2 Å². The van der Waals surface area contributed by atoms with Crippen LogP contribution < -0.4 is 0 Å². The molecule has 0 unspecified atom stereocenters. The molecule has 17 heavy (non-hydrogen) atoms. The van der Waals surface area contributed by atoms with Gasteiger partial charge in [-0.05, 0) is 17.6 Å². The van der Waals surface area contributed by atoms with Crippen molar-refractivity contribution in [3.05, 3.63) is 0 Å². The van der Waals surface area contributed by atoms with Crippen molar-refractivity contribution in [1.29, 1.82) is 0 Å². The minimum Gasteiger partial charge on any atom is -0.431 e. The molecule has 0 aromatic rings. The second-order valence-electron chi connectivity index (χ2n) is 5.88. The zero-order valence-electron chi connectivity index (χ0n) is 12.6. The summed E-state index contributed by atoms with van der Waals surface area (Å²) >= 11 is 0. The molecule has 0 atom stereocenters. The van der Waals surface area contributed by atoms with Gasteiger partial charge in [-0.1, -0.05) is 79.1 Å². The van der Waals surface area contributed by atoms with E-state index in [1.165, 1.54) is 51.4 Å². The largest absolute Gasteiger partial charge is 0.431 e. The van der Waals surface area contributed by atoms with Crippen molar-refractivity contribution in [2.45, 2.75) is 96.7 Å². The van der Waals surface area contributed by atoms with Crippen LogP contribution in [0.1, 0.15) is 79.1 Å². The fraction of sp³-hybridized carbons (Fsp3) is 1.00. The molecule has 0 heterocycles. The molecule has 2 heteroatoms. The first kappa shape index (κ1) is 17.2. The zero-order valence-corrected chi connectivity index (χ0v) is 13.6. The summed E-state index contributed by atoms with van der Waals surface area (Å²) in [5, 5.41) is 0. The molecule has 1 nitrogen and oxygen atoms in total. The maximum Gasteiger partial charge on any atom is 0.191 e. The molecule has 0 amide bonds. The first-order valence-electron chi connectivity index (χ1n) is 7.79. The minimum atomic E-state index is -1.93. The van der Waals surface area contributed by atoms with Gasteiger partial charge in [0, 0.05) is 0 Å². The Hall–Kier alpha value is 0.177. The van der Waals surface area contributed by atoms with Crippen molar-refractivity contribution in [3.8, 4) is 0 Å². The Kier molecular flexibility index (Phi) is 10.2. The van der Waals surface area contributed by atoms with Crippen LogP contribution in [0.4, 0.5) is 0 Å². The van der Waals surface area contributed by atoms with Crippen molar-refractivity contribution in [1.82, 2.24) is 0 Å². The summed E-state index contributed by atoms with van der Waals surface area (Å²) in [7, 11) is -1.93. The van der Waals surface area contributed by atoms with Gasteiger partial charge in [-0.15, -0.1) is 0 Å². The minimum absolute atomic E-state index is 0.533. The van der Waals surface area contributed by atoms with E-state index in [-0.39, 0.29) is 0 Å². The van der Waals surface area contributed by atoms with E-state index in [1.807, 2.05) is 0 Å². The second kappa shape index (κ2) is 10.1. The molecular weight excluding hydrogens is 224 g/mol. The summed E-state index contributed by atoms with van der Waals surface area (Å²) in [5.41, 5.74) is 0.533. The van der Waals surface area contributed by atoms with Crippen LogP contribution in [0, 0.1) is 0 Å². The molecule has 0 spiro atoms. The van der Waals surface area contributed by atoms with Gasteiger partial charge in [0.1, 0.15) is 0 Å². The normalized spacial score (nSPS) is 12.4. The average molecular weight is 259 g/mol. The van der Waals surface area contributed by atoms with E-state index in [2.05, 4.69) is 27.7 Å². The highest BCUT2D eigenvalue weighted by molar-refractivity contribution is 6.73. The molecule has 0 fully saturated rings. The number of hydrogen-bond donors (Lipinski definition) is 1. The summed E-state index contributed by atoms with van der Waals surface area (Å²) in [6.07, 6.45) is 10.4. The molecule has 0 aliphatic heterocycles. The lowest BCUT2D eigenvalue weighted by molar-refractivity contribution is 0.491. The fourth-order valence-corrected chi connectivity index (χ4v) is 5.55. The van der Waals surface area contributed by atoms with Gasteiger partial charge in [-0.3, -0.25) is 0 Å². The molecule has 0 aliphatic carbocycles. The van der Waals surface area contributed by atoms with E-state index in [0.717, 1.165) is 12.1 Å². The van der Waals surface area contributed by atoms with Gasteiger partial charge in [-0.2, -0.15) is 0 Å². The molecule has 0 aromatic carbocycles. The van der Waals surface area contributed by atoms with Gasteiger partial charge in [0.05, 0.1) is 0 Å². The van der Waals surface area contributed by atoms with Crippen LogP contribution in [0.5, 0.6) is 0 Å². The SMILES string of the molecule is CCCCCC[Si](O)(CCCCCC)C(C)C. The van der Waals surface area contributed by atoms with E-state index in [0.29, 0.717) is 5.54 Å². The molecule has 0 aliphatic rings. The van der Waals surface area contributed by atoms with Crippen molar-refractivity contribution in [3.63, 3.8) is 0 Å². The van der Waals surface area contributed by atoms with Crippen LogP contribution in [-0.2, 0) is 0 Å². The van der Waals surface area contributed by atoms with Crippen LogP contribution in [0.25, 0.3) is 0 Å². The van der Waals surface area contributed by atoms with E-state index >= 15 is 0 Å². The predicted octanol–water partition coefficient (Wildman–Crippen LogP) is 5.49. The Bertz CT molecular complexity index is 156. The summed E-state index contributed by atoms with van der Waals surface area (Å²) < 4.78 is 0. The van der Waals surface area contributed by atoms with E-state index in [1.54, 1.807) is 0 Å². The molecule has 1 N–H and O–H groups in total. The van der Waals surface area contributed by atoms with Gasteiger partial charge in [0.2, 0.25) is 0 Å². The molecule has 0 aromatic heterocycles. The first-order chi connectivity index (χ1) is 8.06. The third kappa shape index (κ3) is 7.99. The molecular formula is C15H34OSi. The standard InChI is InChI=1S/C15H34OSi/c1-5-7-9-11-13-17(16,15(3)4)14-12-10-8-6-2/h15-16H,5-14H2,1-4H3. The van der Waals surface area contributed by atoms with Crippen LogP contribution in [0.15, 0.2) is 0 Å². The highest BCUT2D eigenvalue weighted by Gasteiger charge is 2.33. The Labute approximate surface area is 110 Å². The Morgan fingerprint density at radius 3 is 1.47 bits per heavy atom. The molecule has 104 valence electrons. The Balaban J connectivity index is 3.90.